The molecule has 0 saturated carbocycles. The average molecular weight is 280 g/mol. The molecule has 0 amide bonds. The Morgan fingerprint density at radius 3 is 1.65 bits per heavy atom. The van der Waals surface area contributed by atoms with Crippen molar-refractivity contribution in [3.05, 3.63) is 77.9 Å². The molecule has 0 aliphatic heterocycles. The Kier molecular flexibility index (Phi) is 4.97. The highest BCUT2D eigenvalue weighted by atomic mass is 28.3. The van der Waals surface area contributed by atoms with Crippen LogP contribution in [-0.2, 0) is 0 Å². The van der Waals surface area contributed by atoms with Gasteiger partial charge in [0.15, 0.2) is 0 Å². The van der Waals surface area contributed by atoms with Crippen molar-refractivity contribution in [1.82, 2.24) is 0 Å². The minimum Gasteiger partial charge on any atom is -0.0763 e. The summed E-state index contributed by atoms with van der Waals surface area (Å²) < 4.78 is 0. The van der Waals surface area contributed by atoms with Gasteiger partial charge in [-0.1, -0.05) is 92.4 Å². The number of rotatable bonds is 5. The third kappa shape index (κ3) is 4.50. The molecular weight excluding hydrogens is 256 g/mol. The van der Waals surface area contributed by atoms with Gasteiger partial charge in [0.1, 0.15) is 0 Å². The molecule has 0 radical (unpaired) electrons. The Morgan fingerprint density at radius 2 is 1.25 bits per heavy atom. The zero-order valence-corrected chi connectivity index (χ0v) is 13.8. The fourth-order valence-electron chi connectivity index (χ4n) is 2.29. The second-order valence-corrected chi connectivity index (χ2v) is 12.1. The van der Waals surface area contributed by atoms with Crippen molar-refractivity contribution in [2.75, 3.05) is 0 Å². The molecule has 0 unspecified atom stereocenters. The van der Waals surface area contributed by atoms with Crippen LogP contribution in [0, 0.1) is 0 Å². The molecule has 2 aromatic rings. The fraction of sp³-hybridized carbons (Fsp3) is 0.263. The summed E-state index contributed by atoms with van der Waals surface area (Å²) in [5.74, 6) is 0. The summed E-state index contributed by atoms with van der Waals surface area (Å²) in [6.45, 7) is 7.31. The molecule has 1 heteroatoms. The third-order valence-corrected chi connectivity index (χ3v) is 5.20. The van der Waals surface area contributed by atoms with Crippen LogP contribution in [0.5, 0.6) is 0 Å². The van der Waals surface area contributed by atoms with E-state index in [1.165, 1.54) is 29.2 Å². The second-order valence-electron chi connectivity index (χ2n) is 6.45. The maximum absolute atomic E-state index is 2.44. The predicted octanol–water partition coefficient (Wildman–Crippen LogP) is 5.85. The van der Waals surface area contributed by atoms with Crippen LogP contribution in [0.25, 0.3) is 5.57 Å². The van der Waals surface area contributed by atoms with Crippen molar-refractivity contribution in [3.8, 4) is 0 Å². The molecule has 2 rings (SSSR count). The van der Waals surface area contributed by atoms with E-state index in [9.17, 15) is 0 Å². The van der Waals surface area contributed by atoms with Gasteiger partial charge in [0.2, 0.25) is 0 Å². The van der Waals surface area contributed by atoms with E-state index in [4.69, 9.17) is 0 Å². The molecule has 0 aliphatic rings. The van der Waals surface area contributed by atoms with Gasteiger partial charge in [-0.25, -0.2) is 0 Å². The van der Waals surface area contributed by atoms with Crippen molar-refractivity contribution in [3.63, 3.8) is 0 Å². The predicted molar refractivity (Wildman–Crippen MR) is 92.7 cm³/mol. The Morgan fingerprint density at radius 1 is 0.800 bits per heavy atom. The number of hydrogen-bond acceptors (Lipinski definition) is 0. The van der Waals surface area contributed by atoms with Crippen LogP contribution in [0.15, 0.2) is 66.7 Å². The molecular formula is C19H24Si. The molecule has 0 N–H and O–H groups in total. The Bertz CT molecular complexity index is 506. The van der Waals surface area contributed by atoms with Crippen molar-refractivity contribution >= 4 is 13.6 Å². The molecule has 0 fully saturated rings. The lowest BCUT2D eigenvalue weighted by Crippen LogP contribution is -2.18. The number of allylic oxidation sites excluding steroid dienone is 1. The van der Waals surface area contributed by atoms with Gasteiger partial charge in [0.25, 0.3) is 0 Å². The summed E-state index contributed by atoms with van der Waals surface area (Å²) >= 11 is 0. The molecule has 0 aliphatic carbocycles. The van der Waals surface area contributed by atoms with E-state index in [0.717, 1.165) is 0 Å². The van der Waals surface area contributed by atoms with Gasteiger partial charge in [0, 0.05) is 8.07 Å². The first-order valence-corrected chi connectivity index (χ1v) is 11.1. The molecule has 104 valence electrons. The standard InChI is InChI=1S/C19H24Si/c1-20(2,3)16-10-15-19(17-11-6-4-7-12-17)18-13-8-5-9-14-18/h4-9,11-15H,10,16H2,1-3H3. The Labute approximate surface area is 124 Å². The Hall–Kier alpha value is -1.60. The zero-order valence-electron chi connectivity index (χ0n) is 12.8. The van der Waals surface area contributed by atoms with Gasteiger partial charge in [-0.15, -0.1) is 0 Å². The van der Waals surface area contributed by atoms with Crippen LogP contribution in [0.3, 0.4) is 0 Å². The van der Waals surface area contributed by atoms with E-state index in [0.29, 0.717) is 0 Å². The van der Waals surface area contributed by atoms with Crippen LogP contribution in [0.1, 0.15) is 17.5 Å². The van der Waals surface area contributed by atoms with E-state index >= 15 is 0 Å². The van der Waals surface area contributed by atoms with Crippen LogP contribution < -0.4 is 0 Å². The van der Waals surface area contributed by atoms with E-state index < -0.39 is 8.07 Å². The average Bonchev–Trinajstić information content (AvgIpc) is 2.44. The number of hydrogen-bond donors (Lipinski definition) is 0. The Balaban J connectivity index is 2.28. The van der Waals surface area contributed by atoms with Crippen LogP contribution in [0.4, 0.5) is 0 Å². The van der Waals surface area contributed by atoms with Gasteiger partial charge in [-0.2, -0.15) is 0 Å². The minimum absolute atomic E-state index is 0.971. The summed E-state index contributed by atoms with van der Waals surface area (Å²) in [5, 5.41) is 0. The second kappa shape index (κ2) is 6.71. The molecule has 20 heavy (non-hydrogen) atoms. The monoisotopic (exact) mass is 280 g/mol. The smallest absolute Gasteiger partial charge is 0.0445 e. The number of benzene rings is 2. The normalized spacial score (nSPS) is 11.2. The van der Waals surface area contributed by atoms with Gasteiger partial charge in [0.05, 0.1) is 0 Å². The maximum Gasteiger partial charge on any atom is 0.0445 e. The zero-order chi connectivity index (χ0) is 14.4. The van der Waals surface area contributed by atoms with E-state index in [1.807, 2.05) is 0 Å². The van der Waals surface area contributed by atoms with Crippen molar-refractivity contribution in [2.45, 2.75) is 32.1 Å². The first-order chi connectivity index (χ1) is 9.56. The highest BCUT2D eigenvalue weighted by Gasteiger charge is 2.12. The van der Waals surface area contributed by atoms with Crippen molar-refractivity contribution in [2.24, 2.45) is 0 Å². The fourth-order valence-corrected chi connectivity index (χ4v) is 3.30. The summed E-state index contributed by atoms with van der Waals surface area (Å²) in [5.41, 5.74) is 3.99. The summed E-state index contributed by atoms with van der Waals surface area (Å²) in [6, 6.07) is 22.8. The van der Waals surface area contributed by atoms with E-state index in [2.05, 4.69) is 86.4 Å². The molecule has 0 heterocycles. The molecule has 0 spiro atoms. The summed E-state index contributed by atoms with van der Waals surface area (Å²) in [7, 11) is -0.971. The lowest BCUT2D eigenvalue weighted by molar-refractivity contribution is 1.16. The van der Waals surface area contributed by atoms with Crippen LogP contribution in [0.2, 0.25) is 25.7 Å². The molecule has 0 saturated heterocycles. The molecule has 2 aromatic carbocycles. The topological polar surface area (TPSA) is 0 Å². The van der Waals surface area contributed by atoms with Crippen molar-refractivity contribution < 1.29 is 0 Å². The lowest BCUT2D eigenvalue weighted by Gasteiger charge is -2.15. The highest BCUT2D eigenvalue weighted by molar-refractivity contribution is 6.76. The van der Waals surface area contributed by atoms with Crippen molar-refractivity contribution in [1.29, 1.82) is 0 Å². The van der Waals surface area contributed by atoms with Gasteiger partial charge in [-0.05, 0) is 23.1 Å². The summed E-state index contributed by atoms with van der Waals surface area (Å²) in [6.07, 6.45) is 3.60. The summed E-state index contributed by atoms with van der Waals surface area (Å²) in [4.78, 5) is 0. The van der Waals surface area contributed by atoms with Gasteiger partial charge < -0.3 is 0 Å². The molecule has 0 atom stereocenters. The SMILES string of the molecule is C[Si](C)(C)CCC=C(c1ccccc1)c1ccccc1. The molecule has 0 bridgehead atoms. The van der Waals surface area contributed by atoms with Crippen LogP contribution >= 0.6 is 0 Å². The maximum atomic E-state index is 2.44. The van der Waals surface area contributed by atoms with Gasteiger partial charge >= 0.3 is 0 Å². The van der Waals surface area contributed by atoms with Crippen LogP contribution in [-0.4, -0.2) is 8.07 Å². The first-order valence-electron chi connectivity index (χ1n) is 7.37. The van der Waals surface area contributed by atoms with Gasteiger partial charge in [-0.3, -0.25) is 0 Å². The quantitative estimate of drug-likeness (QED) is 0.603. The lowest BCUT2D eigenvalue weighted by atomic mass is 9.97. The van der Waals surface area contributed by atoms with E-state index in [-0.39, 0.29) is 0 Å². The molecule has 0 aromatic heterocycles. The highest BCUT2D eigenvalue weighted by Crippen LogP contribution is 2.25. The van der Waals surface area contributed by atoms with E-state index in [1.54, 1.807) is 0 Å². The molecule has 0 nitrogen and oxygen atoms in total. The largest absolute Gasteiger partial charge is 0.0763 e. The minimum atomic E-state index is -0.971. The third-order valence-electron chi connectivity index (χ3n) is 3.41. The first kappa shape index (κ1) is 14.8.